The van der Waals surface area contributed by atoms with Crippen molar-refractivity contribution in [1.29, 1.82) is 0 Å². The minimum atomic E-state index is -2.51. The van der Waals surface area contributed by atoms with Crippen LogP contribution in [0, 0.1) is 6.92 Å². The number of aromatic nitrogens is 6. The second kappa shape index (κ2) is 8.43. The van der Waals surface area contributed by atoms with E-state index < -0.39 is 13.0 Å². The van der Waals surface area contributed by atoms with Gasteiger partial charge in [-0.1, -0.05) is 0 Å². The van der Waals surface area contributed by atoms with E-state index in [0.717, 1.165) is 18.4 Å². The number of halogens is 2. The number of rotatable bonds is 7. The van der Waals surface area contributed by atoms with Gasteiger partial charge in [0.1, 0.15) is 11.5 Å². The van der Waals surface area contributed by atoms with E-state index in [4.69, 9.17) is 4.74 Å². The second-order valence-electron chi connectivity index (χ2n) is 9.20. The van der Waals surface area contributed by atoms with Crippen LogP contribution in [0.15, 0.2) is 18.5 Å². The summed E-state index contributed by atoms with van der Waals surface area (Å²) in [4.78, 5) is 32.4. The fraction of sp³-hybridized carbons (Fsp3) is 0.435. The van der Waals surface area contributed by atoms with E-state index in [0.29, 0.717) is 45.4 Å². The molecule has 3 N–H and O–H groups in total. The standard InChI is InChI=1S/C23H26F2N8O2/c1-11-28-19-16(33(11)10-17(24)25)5-13(8-26-19)15-9-27-20-18(15)21(35-4)31-22(30-20)29-14-6-23(3,7-14)32-12(2)34/h5,8-9,14,17H,6-7,10H2,1-4H3,(H,32,34)(H2,27,29,30,31)/t14-,23+. The maximum atomic E-state index is 13.1. The van der Waals surface area contributed by atoms with Crippen molar-refractivity contribution < 1.29 is 18.3 Å². The number of carbonyl (C=O) groups is 1. The zero-order valence-corrected chi connectivity index (χ0v) is 19.8. The van der Waals surface area contributed by atoms with E-state index in [1.807, 2.05) is 6.92 Å². The quantitative estimate of drug-likeness (QED) is 0.367. The summed E-state index contributed by atoms with van der Waals surface area (Å²) in [5.74, 6) is 1.21. The molecule has 0 bridgehead atoms. The summed E-state index contributed by atoms with van der Waals surface area (Å²) in [6, 6.07) is 1.91. The first kappa shape index (κ1) is 22.9. The van der Waals surface area contributed by atoms with Crippen LogP contribution in [0.25, 0.3) is 33.3 Å². The van der Waals surface area contributed by atoms with Crippen LogP contribution in [0.2, 0.25) is 0 Å². The molecule has 1 aliphatic rings. The van der Waals surface area contributed by atoms with E-state index in [-0.39, 0.29) is 17.5 Å². The predicted molar refractivity (Wildman–Crippen MR) is 127 cm³/mol. The maximum Gasteiger partial charge on any atom is 0.256 e. The highest BCUT2D eigenvalue weighted by molar-refractivity contribution is 5.98. The number of alkyl halides is 2. The number of H-pyrrole nitrogens is 1. The number of hydrogen-bond acceptors (Lipinski definition) is 7. The average Bonchev–Trinajstić information content (AvgIpc) is 3.32. The molecule has 35 heavy (non-hydrogen) atoms. The summed E-state index contributed by atoms with van der Waals surface area (Å²) in [6.45, 7) is 4.75. The van der Waals surface area contributed by atoms with Crippen LogP contribution in [0.4, 0.5) is 14.7 Å². The molecule has 4 heterocycles. The Morgan fingerprint density at radius 1 is 1.34 bits per heavy atom. The van der Waals surface area contributed by atoms with Crippen LogP contribution in [-0.4, -0.2) is 60.5 Å². The minimum Gasteiger partial charge on any atom is -0.480 e. The van der Waals surface area contributed by atoms with Crippen LogP contribution in [0.5, 0.6) is 5.88 Å². The predicted octanol–water partition coefficient (Wildman–Crippen LogP) is 3.42. The molecule has 0 aromatic carbocycles. The topological polar surface area (TPSA) is 123 Å². The lowest BCUT2D eigenvalue weighted by Gasteiger charge is -2.45. The number of ether oxygens (including phenoxy) is 1. The van der Waals surface area contributed by atoms with Crippen molar-refractivity contribution in [3.63, 3.8) is 0 Å². The lowest BCUT2D eigenvalue weighted by atomic mass is 9.74. The number of hydrogen-bond donors (Lipinski definition) is 3. The first-order valence-corrected chi connectivity index (χ1v) is 11.3. The first-order valence-electron chi connectivity index (χ1n) is 11.3. The van der Waals surface area contributed by atoms with Crippen molar-refractivity contribution in [2.45, 2.75) is 58.2 Å². The van der Waals surface area contributed by atoms with Crippen molar-refractivity contribution in [2.24, 2.45) is 0 Å². The summed E-state index contributed by atoms with van der Waals surface area (Å²) in [6.07, 6.45) is 2.42. The molecule has 10 nitrogen and oxygen atoms in total. The zero-order chi connectivity index (χ0) is 24.9. The Bertz CT molecular complexity index is 1420. The number of anilines is 1. The number of pyridine rings is 1. The molecular weight excluding hydrogens is 458 g/mol. The van der Waals surface area contributed by atoms with Gasteiger partial charge in [0.05, 0.1) is 24.6 Å². The summed E-state index contributed by atoms with van der Waals surface area (Å²) in [5, 5.41) is 6.94. The van der Waals surface area contributed by atoms with Gasteiger partial charge in [0.15, 0.2) is 5.65 Å². The summed E-state index contributed by atoms with van der Waals surface area (Å²) < 4.78 is 33.3. The van der Waals surface area contributed by atoms with E-state index >= 15 is 0 Å². The number of methoxy groups -OCH3 is 1. The highest BCUT2D eigenvalue weighted by Gasteiger charge is 2.41. The van der Waals surface area contributed by atoms with Crippen LogP contribution in [0.1, 0.15) is 32.5 Å². The zero-order valence-electron chi connectivity index (χ0n) is 19.8. The molecule has 1 amide bonds. The molecular formula is C23H26F2N8O2. The molecule has 5 rings (SSSR count). The maximum absolute atomic E-state index is 13.1. The summed E-state index contributed by atoms with van der Waals surface area (Å²) in [7, 11) is 1.53. The third kappa shape index (κ3) is 4.24. The number of nitrogens with zero attached hydrogens (tertiary/aromatic N) is 5. The normalized spacial score (nSPS) is 19.8. The van der Waals surface area contributed by atoms with Gasteiger partial charge in [-0.25, -0.2) is 18.7 Å². The van der Waals surface area contributed by atoms with Gasteiger partial charge < -0.3 is 24.9 Å². The van der Waals surface area contributed by atoms with Crippen molar-refractivity contribution in [3.05, 3.63) is 24.3 Å². The van der Waals surface area contributed by atoms with Gasteiger partial charge in [0.2, 0.25) is 17.7 Å². The van der Waals surface area contributed by atoms with Gasteiger partial charge in [-0.2, -0.15) is 9.97 Å². The van der Waals surface area contributed by atoms with Crippen LogP contribution < -0.4 is 15.4 Å². The van der Waals surface area contributed by atoms with Gasteiger partial charge in [-0.15, -0.1) is 0 Å². The smallest absolute Gasteiger partial charge is 0.256 e. The largest absolute Gasteiger partial charge is 0.480 e. The van der Waals surface area contributed by atoms with Crippen molar-refractivity contribution in [1.82, 2.24) is 34.8 Å². The van der Waals surface area contributed by atoms with Gasteiger partial charge in [0.25, 0.3) is 6.43 Å². The van der Waals surface area contributed by atoms with Crippen molar-refractivity contribution in [2.75, 3.05) is 12.4 Å². The van der Waals surface area contributed by atoms with Crippen molar-refractivity contribution in [3.8, 4) is 17.0 Å². The van der Waals surface area contributed by atoms with Gasteiger partial charge in [0, 0.05) is 42.0 Å². The molecule has 1 aliphatic carbocycles. The number of imidazole rings is 1. The Kier molecular flexibility index (Phi) is 5.53. The highest BCUT2D eigenvalue weighted by Crippen LogP contribution is 2.37. The van der Waals surface area contributed by atoms with Crippen LogP contribution >= 0.6 is 0 Å². The van der Waals surface area contributed by atoms with Crippen LogP contribution in [-0.2, 0) is 11.3 Å². The molecule has 1 saturated carbocycles. The number of nitrogens with one attached hydrogen (secondary N) is 3. The van der Waals surface area contributed by atoms with E-state index in [1.165, 1.54) is 18.6 Å². The molecule has 0 atom stereocenters. The molecule has 0 radical (unpaired) electrons. The van der Waals surface area contributed by atoms with Gasteiger partial charge >= 0.3 is 0 Å². The third-order valence-electron chi connectivity index (χ3n) is 6.32. The fourth-order valence-corrected chi connectivity index (χ4v) is 4.91. The minimum absolute atomic E-state index is 0.0516. The Labute approximate surface area is 199 Å². The van der Waals surface area contributed by atoms with Gasteiger partial charge in [-0.3, -0.25) is 4.79 Å². The number of aryl methyl sites for hydroxylation is 1. The van der Waals surface area contributed by atoms with Crippen molar-refractivity contribution >= 4 is 34.1 Å². The monoisotopic (exact) mass is 484 g/mol. The first-order chi connectivity index (χ1) is 16.7. The van der Waals surface area contributed by atoms with E-state index in [9.17, 15) is 13.6 Å². The molecule has 0 spiro atoms. The Morgan fingerprint density at radius 3 is 2.80 bits per heavy atom. The Hall–Kier alpha value is -3.83. The molecule has 4 aromatic rings. The Balaban J connectivity index is 1.47. The summed E-state index contributed by atoms with van der Waals surface area (Å²) >= 11 is 0. The second-order valence-corrected chi connectivity index (χ2v) is 9.20. The third-order valence-corrected chi connectivity index (χ3v) is 6.32. The average molecular weight is 485 g/mol. The molecule has 12 heteroatoms. The van der Waals surface area contributed by atoms with E-state index in [1.54, 1.807) is 25.4 Å². The molecule has 0 aliphatic heterocycles. The highest BCUT2D eigenvalue weighted by atomic mass is 19.3. The SMILES string of the molecule is COc1nc(N[C@H]2C[C@@](C)(NC(C)=O)C2)nc2[nH]cc(-c3cnc4nc(C)n(CC(F)F)c4c3)c12. The lowest BCUT2D eigenvalue weighted by molar-refractivity contribution is -0.121. The van der Waals surface area contributed by atoms with E-state index in [2.05, 4.69) is 35.6 Å². The molecule has 184 valence electrons. The number of fused-ring (bicyclic) bond motifs is 2. The molecule has 4 aromatic heterocycles. The number of amides is 1. The molecule has 0 saturated heterocycles. The number of carbonyl (C=O) groups excluding carboxylic acids is 1. The lowest BCUT2D eigenvalue weighted by Crippen LogP contribution is -2.59. The Morgan fingerprint density at radius 2 is 2.11 bits per heavy atom. The molecule has 1 fully saturated rings. The molecule has 0 unspecified atom stereocenters. The fourth-order valence-electron chi connectivity index (χ4n) is 4.91. The number of aromatic amines is 1. The van der Waals surface area contributed by atoms with Crippen LogP contribution in [0.3, 0.4) is 0 Å². The summed E-state index contributed by atoms with van der Waals surface area (Å²) in [5.41, 5.74) is 2.70. The van der Waals surface area contributed by atoms with Gasteiger partial charge in [-0.05, 0) is 32.8 Å².